The number of halogens is 1. The molecule has 0 bridgehead atoms. The lowest BCUT2D eigenvalue weighted by Crippen LogP contribution is -2.50. The van der Waals surface area contributed by atoms with E-state index < -0.39 is 0 Å². The Labute approximate surface area is 212 Å². The fourth-order valence-corrected chi connectivity index (χ4v) is 4.36. The van der Waals surface area contributed by atoms with Gasteiger partial charge >= 0.3 is 0 Å². The summed E-state index contributed by atoms with van der Waals surface area (Å²) >= 11 is 0. The molecule has 0 aromatic rings. The van der Waals surface area contributed by atoms with E-state index in [-0.39, 0.29) is 35.8 Å². The first-order valence-corrected chi connectivity index (χ1v) is 12.6. The van der Waals surface area contributed by atoms with Gasteiger partial charge in [-0.25, -0.2) is 0 Å². The Balaban J connectivity index is 0.00000512. The van der Waals surface area contributed by atoms with Gasteiger partial charge in [0, 0.05) is 58.2 Å². The van der Waals surface area contributed by atoms with Crippen molar-refractivity contribution in [3.05, 3.63) is 0 Å². The highest BCUT2D eigenvalue weighted by Crippen LogP contribution is 2.17. The second-order valence-corrected chi connectivity index (χ2v) is 9.41. The molecule has 8 heteroatoms. The number of amides is 2. The molecule has 0 unspecified atom stereocenters. The minimum absolute atomic E-state index is 0. The highest BCUT2D eigenvalue weighted by atomic mass is 127. The van der Waals surface area contributed by atoms with Crippen molar-refractivity contribution >= 4 is 41.8 Å². The van der Waals surface area contributed by atoms with Gasteiger partial charge in [-0.1, -0.05) is 39.5 Å². The Hall–Kier alpha value is -1.06. The van der Waals surface area contributed by atoms with E-state index in [0.29, 0.717) is 51.0 Å². The smallest absolute Gasteiger partial charge is 0.222 e. The molecule has 1 aliphatic carbocycles. The molecule has 0 aromatic carbocycles. The fourth-order valence-electron chi connectivity index (χ4n) is 4.36. The summed E-state index contributed by atoms with van der Waals surface area (Å²) in [4.78, 5) is 33.2. The van der Waals surface area contributed by atoms with Crippen molar-refractivity contribution in [3.8, 4) is 0 Å². The molecule has 1 saturated heterocycles. The van der Waals surface area contributed by atoms with Crippen LogP contribution in [0.15, 0.2) is 4.99 Å². The molecular weight excluding hydrogens is 517 g/mol. The summed E-state index contributed by atoms with van der Waals surface area (Å²) in [6.45, 7) is 10.6. The van der Waals surface area contributed by atoms with Crippen LogP contribution >= 0.6 is 24.0 Å². The zero-order chi connectivity index (χ0) is 22.5. The summed E-state index contributed by atoms with van der Waals surface area (Å²) in [5.41, 5.74) is 0. The molecule has 0 aromatic heterocycles. The first kappa shape index (κ1) is 29.0. The summed E-state index contributed by atoms with van der Waals surface area (Å²) < 4.78 is 0. The van der Waals surface area contributed by atoms with Gasteiger partial charge in [-0.2, -0.15) is 0 Å². The van der Waals surface area contributed by atoms with Crippen LogP contribution in [0.5, 0.6) is 0 Å². The molecule has 2 aliphatic rings. The number of rotatable bonds is 10. The summed E-state index contributed by atoms with van der Waals surface area (Å²) in [6.07, 6.45) is 10.6. The number of hydrogen-bond acceptors (Lipinski definition) is 3. The lowest BCUT2D eigenvalue weighted by atomic mass is 9.96. The monoisotopic (exact) mass is 563 g/mol. The first-order valence-electron chi connectivity index (χ1n) is 12.6. The van der Waals surface area contributed by atoms with Crippen LogP contribution in [0.2, 0.25) is 0 Å². The van der Waals surface area contributed by atoms with Crippen molar-refractivity contribution in [2.45, 2.75) is 91.0 Å². The third kappa shape index (κ3) is 11.2. The standard InChI is InChI=1S/C24H45N5O2.HI/c1-4-25-24(27-21-11-7-5-8-12-21)26-14-10-6-9-13-22(30)28-15-17-29(18-16-28)23(31)19-20(2)3;/h20-21H,4-19H2,1-3H3,(H2,25,26,27);1H. The highest BCUT2D eigenvalue weighted by Gasteiger charge is 2.24. The van der Waals surface area contributed by atoms with Crippen LogP contribution in [-0.2, 0) is 9.59 Å². The van der Waals surface area contributed by atoms with E-state index in [9.17, 15) is 9.59 Å². The number of guanidine groups is 1. The van der Waals surface area contributed by atoms with Crippen LogP contribution in [-0.4, -0.2) is 72.9 Å². The maximum absolute atomic E-state index is 12.5. The Morgan fingerprint density at radius 1 is 0.938 bits per heavy atom. The molecule has 0 atom stereocenters. The Kier molecular flexibility index (Phi) is 15.0. The number of nitrogens with one attached hydrogen (secondary N) is 2. The topological polar surface area (TPSA) is 77.0 Å². The number of unbranched alkanes of at least 4 members (excludes halogenated alkanes) is 2. The van der Waals surface area contributed by atoms with Gasteiger partial charge in [0.15, 0.2) is 5.96 Å². The van der Waals surface area contributed by atoms with E-state index in [1.54, 1.807) is 0 Å². The Bertz CT molecular complexity index is 571. The zero-order valence-electron chi connectivity index (χ0n) is 20.5. The van der Waals surface area contributed by atoms with E-state index in [2.05, 4.69) is 31.4 Å². The lowest BCUT2D eigenvalue weighted by Gasteiger charge is -2.35. The van der Waals surface area contributed by atoms with Gasteiger partial charge in [0.25, 0.3) is 0 Å². The number of piperazine rings is 1. The van der Waals surface area contributed by atoms with E-state index in [0.717, 1.165) is 38.3 Å². The van der Waals surface area contributed by atoms with Crippen molar-refractivity contribution in [2.24, 2.45) is 10.9 Å². The lowest BCUT2D eigenvalue weighted by molar-refractivity contribution is -0.140. The highest BCUT2D eigenvalue weighted by molar-refractivity contribution is 14.0. The van der Waals surface area contributed by atoms with Crippen molar-refractivity contribution in [1.29, 1.82) is 0 Å². The molecule has 1 saturated carbocycles. The largest absolute Gasteiger partial charge is 0.357 e. The maximum Gasteiger partial charge on any atom is 0.222 e. The summed E-state index contributed by atoms with van der Waals surface area (Å²) in [5.74, 6) is 1.77. The number of nitrogens with zero attached hydrogens (tertiary/aromatic N) is 3. The summed E-state index contributed by atoms with van der Waals surface area (Å²) in [5, 5.41) is 6.93. The third-order valence-corrected chi connectivity index (χ3v) is 6.18. The van der Waals surface area contributed by atoms with Crippen molar-refractivity contribution in [3.63, 3.8) is 0 Å². The van der Waals surface area contributed by atoms with Gasteiger partial charge in [0.2, 0.25) is 11.8 Å². The van der Waals surface area contributed by atoms with E-state index in [4.69, 9.17) is 4.99 Å². The van der Waals surface area contributed by atoms with Crippen LogP contribution in [0.4, 0.5) is 0 Å². The molecule has 2 fully saturated rings. The SMILES string of the molecule is CCNC(=NCCCCCC(=O)N1CCN(C(=O)CC(C)C)CC1)NC1CCCCC1.I. The molecule has 2 N–H and O–H groups in total. The number of carbonyl (C=O) groups excluding carboxylic acids is 2. The van der Waals surface area contributed by atoms with Crippen LogP contribution in [0.25, 0.3) is 0 Å². The average molecular weight is 564 g/mol. The van der Waals surface area contributed by atoms with Crippen molar-refractivity contribution in [2.75, 3.05) is 39.3 Å². The molecule has 0 radical (unpaired) electrons. The molecule has 2 rings (SSSR count). The Morgan fingerprint density at radius 3 is 2.16 bits per heavy atom. The number of carbonyl (C=O) groups is 2. The molecule has 2 amide bonds. The first-order chi connectivity index (χ1) is 15.0. The molecule has 186 valence electrons. The average Bonchev–Trinajstić information content (AvgIpc) is 2.76. The van der Waals surface area contributed by atoms with Gasteiger partial charge in [-0.3, -0.25) is 14.6 Å². The van der Waals surface area contributed by atoms with Gasteiger partial charge in [-0.05, 0) is 38.5 Å². The van der Waals surface area contributed by atoms with Crippen LogP contribution in [0.3, 0.4) is 0 Å². The molecule has 7 nitrogen and oxygen atoms in total. The quantitative estimate of drug-likeness (QED) is 0.184. The van der Waals surface area contributed by atoms with Gasteiger partial charge in [0.1, 0.15) is 0 Å². The van der Waals surface area contributed by atoms with Crippen molar-refractivity contribution in [1.82, 2.24) is 20.4 Å². The van der Waals surface area contributed by atoms with Gasteiger partial charge < -0.3 is 20.4 Å². The summed E-state index contributed by atoms with van der Waals surface area (Å²) in [7, 11) is 0. The summed E-state index contributed by atoms with van der Waals surface area (Å²) in [6, 6.07) is 0.560. The van der Waals surface area contributed by atoms with E-state index in [1.807, 2.05) is 9.80 Å². The molecule has 32 heavy (non-hydrogen) atoms. The van der Waals surface area contributed by atoms with Crippen LogP contribution in [0.1, 0.15) is 85.0 Å². The molecule has 0 spiro atoms. The maximum atomic E-state index is 12.5. The Morgan fingerprint density at radius 2 is 1.56 bits per heavy atom. The predicted molar refractivity (Wildman–Crippen MR) is 142 cm³/mol. The minimum Gasteiger partial charge on any atom is -0.357 e. The predicted octanol–water partition coefficient (Wildman–Crippen LogP) is 3.77. The molecule has 1 heterocycles. The van der Waals surface area contributed by atoms with Gasteiger partial charge in [0.05, 0.1) is 0 Å². The third-order valence-electron chi connectivity index (χ3n) is 6.18. The van der Waals surface area contributed by atoms with Gasteiger partial charge in [-0.15, -0.1) is 24.0 Å². The van der Waals surface area contributed by atoms with Crippen molar-refractivity contribution < 1.29 is 9.59 Å². The molecular formula is C24H46IN5O2. The zero-order valence-corrected chi connectivity index (χ0v) is 22.9. The second-order valence-electron chi connectivity index (χ2n) is 9.41. The second kappa shape index (κ2) is 16.5. The van der Waals surface area contributed by atoms with E-state index in [1.165, 1.54) is 32.1 Å². The van der Waals surface area contributed by atoms with Crippen LogP contribution in [0, 0.1) is 5.92 Å². The van der Waals surface area contributed by atoms with Crippen LogP contribution < -0.4 is 10.6 Å². The fraction of sp³-hybridized carbons (Fsp3) is 0.875. The normalized spacial score (nSPS) is 17.8. The number of aliphatic imine (C=N–C) groups is 1. The van der Waals surface area contributed by atoms with E-state index >= 15 is 0 Å². The number of hydrogen-bond donors (Lipinski definition) is 2. The minimum atomic E-state index is 0. The molecule has 1 aliphatic heterocycles.